The second-order valence-electron chi connectivity index (χ2n) is 6.99. The number of piperidine rings is 1. The molecular weight excluding hydrogens is 451 g/mol. The molecule has 1 amide bonds. The molecule has 0 aliphatic carbocycles. The van der Waals surface area contributed by atoms with Gasteiger partial charge in [-0.2, -0.15) is 5.10 Å². The van der Waals surface area contributed by atoms with Crippen LogP contribution in [0.15, 0.2) is 36.5 Å². The van der Waals surface area contributed by atoms with Crippen LogP contribution in [0.25, 0.3) is 11.3 Å². The van der Waals surface area contributed by atoms with Crippen LogP contribution in [-0.4, -0.2) is 34.8 Å². The summed E-state index contributed by atoms with van der Waals surface area (Å²) in [7, 11) is 1.79. The number of aromatic nitrogens is 2. The predicted molar refractivity (Wildman–Crippen MR) is 119 cm³/mol. The lowest BCUT2D eigenvalue weighted by Gasteiger charge is -2.33. The minimum absolute atomic E-state index is 0.0259. The van der Waals surface area contributed by atoms with Gasteiger partial charge in [0.1, 0.15) is 4.34 Å². The fraction of sp³-hybridized carbons (Fsp3) is 0.300. The summed E-state index contributed by atoms with van der Waals surface area (Å²) in [4.78, 5) is 13.5. The molecule has 2 atom stereocenters. The zero-order valence-electron chi connectivity index (χ0n) is 15.6. The Hall–Kier alpha value is -1.57. The van der Waals surface area contributed by atoms with Crippen LogP contribution in [0.4, 0.5) is 0 Å². The fourth-order valence-corrected chi connectivity index (χ4v) is 5.29. The molecule has 2 aromatic heterocycles. The van der Waals surface area contributed by atoms with Crippen molar-refractivity contribution in [3.8, 4) is 11.3 Å². The van der Waals surface area contributed by atoms with E-state index in [0.717, 1.165) is 13.0 Å². The SMILES string of the molecule is Cn1ncc(Cl)c1-c1cc(C(=O)N[C@@H]2CNCC[C@H]2c2ccc(Cl)cc2)sc1Cl. The van der Waals surface area contributed by atoms with Crippen LogP contribution >= 0.6 is 46.1 Å². The Labute approximate surface area is 188 Å². The highest BCUT2D eigenvalue weighted by molar-refractivity contribution is 7.18. The first-order valence-electron chi connectivity index (χ1n) is 9.18. The third-order valence-electron chi connectivity index (χ3n) is 5.16. The van der Waals surface area contributed by atoms with Crippen molar-refractivity contribution < 1.29 is 4.79 Å². The van der Waals surface area contributed by atoms with Crippen molar-refractivity contribution in [2.45, 2.75) is 18.4 Å². The van der Waals surface area contributed by atoms with Gasteiger partial charge >= 0.3 is 0 Å². The van der Waals surface area contributed by atoms with E-state index >= 15 is 0 Å². The molecule has 1 aliphatic heterocycles. The summed E-state index contributed by atoms with van der Waals surface area (Å²) in [5.41, 5.74) is 2.58. The number of aryl methyl sites for hydroxylation is 1. The van der Waals surface area contributed by atoms with E-state index in [9.17, 15) is 4.79 Å². The van der Waals surface area contributed by atoms with Crippen LogP contribution in [0.5, 0.6) is 0 Å². The van der Waals surface area contributed by atoms with Gasteiger partial charge in [-0.1, -0.05) is 46.9 Å². The smallest absolute Gasteiger partial charge is 0.261 e. The topological polar surface area (TPSA) is 59.0 Å². The number of nitrogens with zero attached hydrogens (tertiary/aromatic N) is 2. The minimum Gasteiger partial charge on any atom is -0.347 e. The van der Waals surface area contributed by atoms with Gasteiger partial charge in [0, 0.05) is 36.1 Å². The van der Waals surface area contributed by atoms with Crippen molar-refractivity contribution in [1.29, 1.82) is 0 Å². The second kappa shape index (κ2) is 8.66. The lowest BCUT2D eigenvalue weighted by Crippen LogP contribution is -2.49. The number of hydrogen-bond donors (Lipinski definition) is 2. The van der Waals surface area contributed by atoms with Crippen LogP contribution in [0.2, 0.25) is 14.4 Å². The Morgan fingerprint density at radius 2 is 2.03 bits per heavy atom. The molecule has 5 nitrogen and oxygen atoms in total. The highest BCUT2D eigenvalue weighted by Gasteiger charge is 2.29. The number of hydrogen-bond acceptors (Lipinski definition) is 4. The second-order valence-corrected chi connectivity index (χ2v) is 9.49. The molecule has 3 heterocycles. The minimum atomic E-state index is -0.144. The van der Waals surface area contributed by atoms with Gasteiger partial charge in [0.05, 0.1) is 21.8 Å². The monoisotopic (exact) mass is 468 g/mol. The van der Waals surface area contributed by atoms with Crippen molar-refractivity contribution in [2.75, 3.05) is 13.1 Å². The Kier molecular flexibility index (Phi) is 6.18. The Balaban J connectivity index is 1.55. The number of amides is 1. The molecule has 0 radical (unpaired) electrons. The van der Waals surface area contributed by atoms with Crippen molar-refractivity contribution >= 4 is 52.0 Å². The zero-order chi connectivity index (χ0) is 20.5. The first-order chi connectivity index (χ1) is 13.9. The van der Waals surface area contributed by atoms with Crippen LogP contribution < -0.4 is 10.6 Å². The van der Waals surface area contributed by atoms with Crippen molar-refractivity contribution in [2.24, 2.45) is 7.05 Å². The fourth-order valence-electron chi connectivity index (χ4n) is 3.71. The summed E-state index contributed by atoms with van der Waals surface area (Å²) in [6.07, 6.45) is 2.50. The zero-order valence-corrected chi connectivity index (χ0v) is 18.7. The van der Waals surface area contributed by atoms with E-state index < -0.39 is 0 Å². The summed E-state index contributed by atoms with van der Waals surface area (Å²) in [6, 6.07) is 9.59. The van der Waals surface area contributed by atoms with Crippen molar-refractivity contribution in [1.82, 2.24) is 20.4 Å². The van der Waals surface area contributed by atoms with Crippen molar-refractivity contribution in [3.63, 3.8) is 0 Å². The van der Waals surface area contributed by atoms with Crippen LogP contribution in [0.3, 0.4) is 0 Å². The van der Waals surface area contributed by atoms with Gasteiger partial charge in [-0.05, 0) is 36.7 Å². The van der Waals surface area contributed by atoms with E-state index in [1.54, 1.807) is 24.0 Å². The molecule has 1 aliphatic rings. The quantitative estimate of drug-likeness (QED) is 0.566. The Bertz CT molecular complexity index is 1010. The van der Waals surface area contributed by atoms with E-state index in [2.05, 4.69) is 15.7 Å². The average molecular weight is 470 g/mol. The maximum Gasteiger partial charge on any atom is 0.261 e. The highest BCUT2D eigenvalue weighted by atomic mass is 35.5. The molecule has 0 saturated carbocycles. The molecule has 1 aromatic carbocycles. The third-order valence-corrected chi connectivity index (χ3v) is 7.04. The Morgan fingerprint density at radius 3 is 2.72 bits per heavy atom. The van der Waals surface area contributed by atoms with Gasteiger partial charge in [-0.3, -0.25) is 9.48 Å². The molecule has 152 valence electrons. The maximum absolute atomic E-state index is 13.0. The highest BCUT2D eigenvalue weighted by Crippen LogP contribution is 2.39. The van der Waals surface area contributed by atoms with Gasteiger partial charge in [-0.25, -0.2) is 0 Å². The van der Waals surface area contributed by atoms with E-state index in [4.69, 9.17) is 34.8 Å². The molecular formula is C20H19Cl3N4OS. The normalized spacial score (nSPS) is 19.3. The molecule has 29 heavy (non-hydrogen) atoms. The largest absolute Gasteiger partial charge is 0.347 e. The Morgan fingerprint density at radius 1 is 1.28 bits per heavy atom. The molecule has 0 bridgehead atoms. The van der Waals surface area contributed by atoms with E-state index in [1.807, 2.05) is 24.3 Å². The molecule has 2 N–H and O–H groups in total. The summed E-state index contributed by atoms with van der Waals surface area (Å²) in [5, 5.41) is 11.9. The number of carbonyl (C=O) groups is 1. The van der Waals surface area contributed by atoms with E-state index in [-0.39, 0.29) is 17.9 Å². The number of rotatable bonds is 4. The molecule has 1 saturated heterocycles. The van der Waals surface area contributed by atoms with Gasteiger partial charge in [0.2, 0.25) is 0 Å². The predicted octanol–water partition coefficient (Wildman–Crippen LogP) is 4.98. The summed E-state index contributed by atoms with van der Waals surface area (Å²) >= 11 is 19.9. The molecule has 4 rings (SSSR count). The molecule has 9 heteroatoms. The first kappa shape index (κ1) is 20.7. The first-order valence-corrected chi connectivity index (χ1v) is 11.1. The maximum atomic E-state index is 13.0. The van der Waals surface area contributed by atoms with Crippen molar-refractivity contribution in [3.05, 3.63) is 61.4 Å². The van der Waals surface area contributed by atoms with Crippen LogP contribution in [0.1, 0.15) is 27.6 Å². The third kappa shape index (κ3) is 4.32. The molecule has 1 fully saturated rings. The molecule has 3 aromatic rings. The van der Waals surface area contributed by atoms with Gasteiger partial charge < -0.3 is 10.6 Å². The molecule has 0 unspecified atom stereocenters. The van der Waals surface area contributed by atoms with Crippen LogP contribution in [0, 0.1) is 0 Å². The van der Waals surface area contributed by atoms with E-state index in [1.165, 1.54) is 16.9 Å². The number of carbonyl (C=O) groups excluding carboxylic acids is 1. The summed E-state index contributed by atoms with van der Waals surface area (Å²) < 4.78 is 2.16. The number of halogens is 3. The molecule has 0 spiro atoms. The summed E-state index contributed by atoms with van der Waals surface area (Å²) in [5.74, 6) is 0.0768. The number of benzene rings is 1. The lowest BCUT2D eigenvalue weighted by atomic mass is 9.86. The summed E-state index contributed by atoms with van der Waals surface area (Å²) in [6.45, 7) is 1.62. The lowest BCUT2D eigenvalue weighted by molar-refractivity contribution is 0.0928. The van der Waals surface area contributed by atoms with E-state index in [0.29, 0.717) is 37.1 Å². The van der Waals surface area contributed by atoms with Crippen LogP contribution in [-0.2, 0) is 7.05 Å². The van der Waals surface area contributed by atoms with Gasteiger partial charge in [0.15, 0.2) is 0 Å². The number of thiophene rings is 1. The number of nitrogens with one attached hydrogen (secondary N) is 2. The standard InChI is InChI=1S/C20H19Cl3N4OS/c1-27-18(15(22)9-25-27)14-8-17(29-19(14)23)20(28)26-16-10-24-7-6-13(16)11-2-4-12(21)5-3-11/h2-5,8-9,13,16,24H,6-7,10H2,1H3,(H,26,28)/t13-,16+/m0/s1. The van der Waals surface area contributed by atoms with Gasteiger partial charge in [-0.15, -0.1) is 11.3 Å². The average Bonchev–Trinajstić information content (AvgIpc) is 3.24. The van der Waals surface area contributed by atoms with Gasteiger partial charge in [0.25, 0.3) is 5.91 Å².